The summed E-state index contributed by atoms with van der Waals surface area (Å²) in [6.45, 7) is 1.84. The Balaban J connectivity index is 2.83. The van der Waals surface area contributed by atoms with Crippen molar-refractivity contribution in [1.82, 2.24) is 0 Å². The van der Waals surface area contributed by atoms with Gasteiger partial charge in [-0.1, -0.05) is 0 Å². The average Bonchev–Trinajstić information content (AvgIpc) is 2.69. The minimum Gasteiger partial charge on any atom is -0.469 e. The van der Waals surface area contributed by atoms with Crippen molar-refractivity contribution in [2.24, 2.45) is 5.92 Å². The molecule has 0 saturated carbocycles. The van der Waals surface area contributed by atoms with Crippen LogP contribution in [0, 0.1) is 12.8 Å². The van der Waals surface area contributed by atoms with Gasteiger partial charge in [-0.2, -0.15) is 0 Å². The van der Waals surface area contributed by atoms with Crippen LogP contribution >= 0.6 is 0 Å². The molecular weight excluding hydrogens is 212 g/mol. The molecule has 5 heteroatoms. The van der Waals surface area contributed by atoms with Gasteiger partial charge in [0.25, 0.3) is 0 Å². The van der Waals surface area contributed by atoms with Gasteiger partial charge in [0.1, 0.15) is 5.76 Å². The number of rotatable bonds is 4. The summed E-state index contributed by atoms with van der Waals surface area (Å²) in [5.41, 5.74) is 0.887. The second kappa shape index (κ2) is 5.34. The van der Waals surface area contributed by atoms with E-state index in [4.69, 9.17) is 4.42 Å². The van der Waals surface area contributed by atoms with Gasteiger partial charge in [0, 0.05) is 6.42 Å². The molecule has 0 N–H and O–H groups in total. The zero-order chi connectivity index (χ0) is 12.1. The second-order valence-corrected chi connectivity index (χ2v) is 3.33. The number of esters is 2. The van der Waals surface area contributed by atoms with Gasteiger partial charge in [-0.3, -0.25) is 9.59 Å². The van der Waals surface area contributed by atoms with Crippen molar-refractivity contribution in [2.45, 2.75) is 13.3 Å². The number of methoxy groups -OCH3 is 2. The highest BCUT2D eigenvalue weighted by Crippen LogP contribution is 2.16. The molecule has 0 saturated heterocycles. The van der Waals surface area contributed by atoms with Crippen molar-refractivity contribution in [2.75, 3.05) is 14.2 Å². The lowest BCUT2D eigenvalue weighted by Crippen LogP contribution is -2.28. The van der Waals surface area contributed by atoms with E-state index < -0.39 is 17.9 Å². The summed E-state index contributed by atoms with van der Waals surface area (Å²) in [6, 6.07) is 1.76. The summed E-state index contributed by atoms with van der Waals surface area (Å²) >= 11 is 0. The number of furan rings is 1. The lowest BCUT2D eigenvalue weighted by Gasteiger charge is -2.11. The molecule has 1 aromatic rings. The van der Waals surface area contributed by atoms with E-state index in [9.17, 15) is 9.59 Å². The van der Waals surface area contributed by atoms with Crippen molar-refractivity contribution >= 4 is 11.9 Å². The van der Waals surface area contributed by atoms with Crippen LogP contribution in [0.25, 0.3) is 0 Å². The van der Waals surface area contributed by atoms with E-state index in [0.717, 1.165) is 5.56 Å². The average molecular weight is 226 g/mol. The summed E-state index contributed by atoms with van der Waals surface area (Å²) in [7, 11) is 2.46. The maximum absolute atomic E-state index is 11.4. The Bertz CT molecular complexity index is 363. The van der Waals surface area contributed by atoms with Gasteiger partial charge in [0.05, 0.1) is 20.5 Å². The molecule has 0 spiro atoms. The van der Waals surface area contributed by atoms with Gasteiger partial charge in [0.15, 0.2) is 5.92 Å². The molecule has 1 rings (SSSR count). The summed E-state index contributed by atoms with van der Waals surface area (Å²) < 4.78 is 14.3. The lowest BCUT2D eigenvalue weighted by atomic mass is 10.0. The third kappa shape index (κ3) is 2.62. The number of aryl methyl sites for hydroxylation is 1. The summed E-state index contributed by atoms with van der Waals surface area (Å²) in [6.07, 6.45) is 1.66. The Morgan fingerprint density at radius 3 is 2.25 bits per heavy atom. The van der Waals surface area contributed by atoms with Gasteiger partial charge in [-0.15, -0.1) is 0 Å². The largest absolute Gasteiger partial charge is 0.469 e. The van der Waals surface area contributed by atoms with Crippen LogP contribution in [0.2, 0.25) is 0 Å². The molecule has 0 bridgehead atoms. The molecule has 0 aliphatic carbocycles. The predicted octanol–water partition coefficient (Wildman–Crippen LogP) is 1.09. The minimum atomic E-state index is -0.972. The fraction of sp³-hybridized carbons (Fsp3) is 0.455. The van der Waals surface area contributed by atoms with Crippen molar-refractivity contribution in [3.63, 3.8) is 0 Å². The Labute approximate surface area is 93.3 Å². The van der Waals surface area contributed by atoms with Gasteiger partial charge in [-0.05, 0) is 18.6 Å². The molecule has 0 amide bonds. The van der Waals surface area contributed by atoms with Crippen LogP contribution in [-0.2, 0) is 25.5 Å². The van der Waals surface area contributed by atoms with Gasteiger partial charge < -0.3 is 13.9 Å². The molecule has 5 nitrogen and oxygen atoms in total. The van der Waals surface area contributed by atoms with Crippen molar-refractivity contribution in [3.05, 3.63) is 23.7 Å². The maximum atomic E-state index is 11.4. The van der Waals surface area contributed by atoms with Crippen molar-refractivity contribution < 1.29 is 23.5 Å². The Morgan fingerprint density at radius 2 is 1.88 bits per heavy atom. The molecule has 0 unspecified atom stereocenters. The third-order valence-corrected chi connectivity index (χ3v) is 2.33. The fourth-order valence-corrected chi connectivity index (χ4v) is 1.35. The van der Waals surface area contributed by atoms with Gasteiger partial charge >= 0.3 is 11.9 Å². The highest BCUT2D eigenvalue weighted by atomic mass is 16.5. The molecule has 0 aliphatic rings. The first-order chi connectivity index (χ1) is 7.60. The highest BCUT2D eigenvalue weighted by molar-refractivity contribution is 5.95. The smallest absolute Gasteiger partial charge is 0.320 e. The van der Waals surface area contributed by atoms with Crippen LogP contribution in [0.4, 0.5) is 0 Å². The lowest BCUT2D eigenvalue weighted by molar-refractivity contribution is -0.158. The van der Waals surface area contributed by atoms with E-state index >= 15 is 0 Å². The standard InChI is InChI=1S/C11H14O5/c1-7-4-5-16-9(7)6-8(10(12)14-2)11(13)15-3/h4-5,8H,6H2,1-3H3. The van der Waals surface area contributed by atoms with E-state index in [-0.39, 0.29) is 6.42 Å². The third-order valence-electron chi connectivity index (χ3n) is 2.33. The summed E-state index contributed by atoms with van der Waals surface area (Å²) in [5.74, 6) is -1.63. The van der Waals surface area contributed by atoms with Crippen LogP contribution in [0.15, 0.2) is 16.7 Å². The van der Waals surface area contributed by atoms with E-state index in [0.29, 0.717) is 5.76 Å². The van der Waals surface area contributed by atoms with E-state index in [2.05, 4.69) is 9.47 Å². The number of hydrogen-bond acceptors (Lipinski definition) is 5. The zero-order valence-corrected chi connectivity index (χ0v) is 9.48. The Kier molecular flexibility index (Phi) is 4.10. The molecule has 1 aromatic heterocycles. The molecule has 1 heterocycles. The topological polar surface area (TPSA) is 65.7 Å². The van der Waals surface area contributed by atoms with Crippen LogP contribution in [0.1, 0.15) is 11.3 Å². The van der Waals surface area contributed by atoms with E-state index in [1.807, 2.05) is 6.92 Å². The zero-order valence-electron chi connectivity index (χ0n) is 9.48. The predicted molar refractivity (Wildman–Crippen MR) is 54.7 cm³/mol. The van der Waals surface area contributed by atoms with Crippen LogP contribution in [0.3, 0.4) is 0 Å². The molecular formula is C11H14O5. The number of carbonyl (C=O) groups excluding carboxylic acids is 2. The van der Waals surface area contributed by atoms with E-state index in [1.54, 1.807) is 6.07 Å². The maximum Gasteiger partial charge on any atom is 0.320 e. The molecule has 0 radical (unpaired) electrons. The van der Waals surface area contributed by atoms with Crippen molar-refractivity contribution in [1.29, 1.82) is 0 Å². The first kappa shape index (κ1) is 12.3. The summed E-state index contributed by atoms with van der Waals surface area (Å²) in [4.78, 5) is 22.8. The first-order valence-corrected chi connectivity index (χ1v) is 4.78. The minimum absolute atomic E-state index is 0.151. The fourth-order valence-electron chi connectivity index (χ4n) is 1.35. The molecule has 0 fully saturated rings. The molecule has 0 atom stereocenters. The highest BCUT2D eigenvalue weighted by Gasteiger charge is 2.30. The Hall–Kier alpha value is -1.78. The molecule has 16 heavy (non-hydrogen) atoms. The molecule has 0 aromatic carbocycles. The quantitative estimate of drug-likeness (QED) is 0.568. The first-order valence-electron chi connectivity index (χ1n) is 4.78. The van der Waals surface area contributed by atoms with Crippen molar-refractivity contribution in [3.8, 4) is 0 Å². The number of hydrogen-bond donors (Lipinski definition) is 0. The monoisotopic (exact) mass is 226 g/mol. The molecule has 88 valence electrons. The number of carbonyl (C=O) groups is 2. The SMILES string of the molecule is COC(=O)C(Cc1occc1C)C(=O)OC. The number of ether oxygens (including phenoxy) is 2. The van der Waals surface area contributed by atoms with Crippen LogP contribution in [-0.4, -0.2) is 26.2 Å². The summed E-state index contributed by atoms with van der Waals surface area (Å²) in [5, 5.41) is 0. The van der Waals surface area contributed by atoms with Crippen LogP contribution < -0.4 is 0 Å². The normalized spacial score (nSPS) is 10.2. The van der Waals surface area contributed by atoms with Crippen LogP contribution in [0.5, 0.6) is 0 Å². The van der Waals surface area contributed by atoms with Gasteiger partial charge in [0.2, 0.25) is 0 Å². The Morgan fingerprint density at radius 1 is 1.31 bits per heavy atom. The molecule has 0 aliphatic heterocycles. The van der Waals surface area contributed by atoms with E-state index in [1.165, 1.54) is 20.5 Å². The van der Waals surface area contributed by atoms with Gasteiger partial charge in [-0.25, -0.2) is 0 Å². The second-order valence-electron chi connectivity index (χ2n) is 3.33.